The second kappa shape index (κ2) is 5.83. The highest BCUT2D eigenvalue weighted by Gasteiger charge is 2.03. The van der Waals surface area contributed by atoms with Crippen LogP contribution in [-0.2, 0) is 6.42 Å². The Labute approximate surface area is 124 Å². The van der Waals surface area contributed by atoms with Crippen LogP contribution < -0.4 is 5.32 Å². The Bertz CT molecular complexity index is 751. The van der Waals surface area contributed by atoms with E-state index in [0.717, 1.165) is 35.2 Å². The largest absolute Gasteiger partial charge is 0.508 e. The highest BCUT2D eigenvalue weighted by atomic mass is 16.3. The summed E-state index contributed by atoms with van der Waals surface area (Å²) in [5, 5.41) is 13.9. The molecule has 1 heterocycles. The van der Waals surface area contributed by atoms with Crippen molar-refractivity contribution in [2.24, 2.45) is 0 Å². The second-order valence-electron chi connectivity index (χ2n) is 5.17. The van der Waals surface area contributed by atoms with Crippen molar-refractivity contribution >= 4 is 16.6 Å². The number of nitrogens with zero attached hydrogens (tertiary/aromatic N) is 1. The van der Waals surface area contributed by atoms with Crippen LogP contribution in [0.1, 0.15) is 11.3 Å². The zero-order chi connectivity index (χ0) is 14.7. The SMILES string of the molecule is Cc1cc(NCCc2ccc(O)cc2)c2ccccc2n1. The normalized spacial score (nSPS) is 10.7. The number of fused-ring (bicyclic) bond motifs is 1. The third-order valence-corrected chi connectivity index (χ3v) is 3.51. The first-order chi connectivity index (χ1) is 10.2. The molecule has 2 aromatic carbocycles. The van der Waals surface area contributed by atoms with Crippen molar-refractivity contribution in [2.75, 3.05) is 11.9 Å². The van der Waals surface area contributed by atoms with Crippen LogP contribution in [0.2, 0.25) is 0 Å². The van der Waals surface area contributed by atoms with Crippen LogP contribution in [0.15, 0.2) is 54.6 Å². The molecule has 0 saturated heterocycles. The van der Waals surface area contributed by atoms with Crippen LogP contribution in [0.5, 0.6) is 5.75 Å². The van der Waals surface area contributed by atoms with E-state index in [1.54, 1.807) is 12.1 Å². The summed E-state index contributed by atoms with van der Waals surface area (Å²) in [4.78, 5) is 4.54. The van der Waals surface area contributed by atoms with Gasteiger partial charge < -0.3 is 10.4 Å². The number of phenolic OH excluding ortho intramolecular Hbond substituents is 1. The fourth-order valence-corrected chi connectivity index (χ4v) is 2.46. The summed E-state index contributed by atoms with van der Waals surface area (Å²) in [6.07, 6.45) is 0.913. The Hall–Kier alpha value is -2.55. The molecule has 3 heteroatoms. The highest BCUT2D eigenvalue weighted by molar-refractivity contribution is 5.91. The Balaban J connectivity index is 1.74. The minimum absolute atomic E-state index is 0.308. The van der Waals surface area contributed by atoms with Crippen LogP contribution in [0.3, 0.4) is 0 Å². The van der Waals surface area contributed by atoms with Crippen molar-refractivity contribution in [1.82, 2.24) is 4.98 Å². The number of benzene rings is 2. The Morgan fingerprint density at radius 2 is 1.81 bits per heavy atom. The Morgan fingerprint density at radius 1 is 1.05 bits per heavy atom. The highest BCUT2D eigenvalue weighted by Crippen LogP contribution is 2.22. The van der Waals surface area contributed by atoms with Gasteiger partial charge in [-0.15, -0.1) is 0 Å². The van der Waals surface area contributed by atoms with E-state index in [2.05, 4.69) is 22.4 Å². The summed E-state index contributed by atoms with van der Waals surface area (Å²) in [6, 6.07) is 17.6. The molecule has 0 aliphatic heterocycles. The van der Waals surface area contributed by atoms with E-state index in [1.807, 2.05) is 37.3 Å². The third kappa shape index (κ3) is 3.14. The number of hydrogen-bond acceptors (Lipinski definition) is 3. The number of phenols is 1. The fraction of sp³-hybridized carbons (Fsp3) is 0.167. The zero-order valence-corrected chi connectivity index (χ0v) is 12.0. The van der Waals surface area contributed by atoms with E-state index in [1.165, 1.54) is 5.56 Å². The smallest absolute Gasteiger partial charge is 0.115 e. The van der Waals surface area contributed by atoms with Gasteiger partial charge in [-0.3, -0.25) is 4.98 Å². The zero-order valence-electron chi connectivity index (χ0n) is 12.0. The molecule has 0 aliphatic carbocycles. The van der Waals surface area contributed by atoms with E-state index in [0.29, 0.717) is 5.75 Å². The molecule has 3 aromatic rings. The van der Waals surface area contributed by atoms with Gasteiger partial charge in [-0.05, 0) is 43.2 Å². The van der Waals surface area contributed by atoms with E-state index < -0.39 is 0 Å². The number of anilines is 1. The Morgan fingerprint density at radius 3 is 2.62 bits per heavy atom. The molecule has 0 saturated carbocycles. The number of para-hydroxylation sites is 1. The van der Waals surface area contributed by atoms with Gasteiger partial charge in [-0.25, -0.2) is 0 Å². The average Bonchev–Trinajstić information content (AvgIpc) is 2.49. The molecule has 0 atom stereocenters. The van der Waals surface area contributed by atoms with E-state index >= 15 is 0 Å². The summed E-state index contributed by atoms with van der Waals surface area (Å²) < 4.78 is 0. The number of aromatic nitrogens is 1. The number of nitrogens with one attached hydrogen (secondary N) is 1. The lowest BCUT2D eigenvalue weighted by molar-refractivity contribution is 0.475. The number of hydrogen-bond donors (Lipinski definition) is 2. The molecule has 0 radical (unpaired) electrons. The molecular weight excluding hydrogens is 260 g/mol. The number of pyridine rings is 1. The molecule has 0 bridgehead atoms. The van der Waals surface area contributed by atoms with Crippen molar-refractivity contribution in [3.05, 3.63) is 65.9 Å². The molecule has 0 spiro atoms. The maximum atomic E-state index is 9.29. The third-order valence-electron chi connectivity index (χ3n) is 3.51. The lowest BCUT2D eigenvalue weighted by Gasteiger charge is -2.11. The van der Waals surface area contributed by atoms with Gasteiger partial charge in [0.1, 0.15) is 5.75 Å². The quantitative estimate of drug-likeness (QED) is 0.760. The first-order valence-corrected chi connectivity index (χ1v) is 7.10. The average molecular weight is 278 g/mol. The van der Waals surface area contributed by atoms with Crippen LogP contribution in [0.4, 0.5) is 5.69 Å². The van der Waals surface area contributed by atoms with Crippen molar-refractivity contribution in [1.29, 1.82) is 0 Å². The molecule has 0 amide bonds. The maximum absolute atomic E-state index is 9.29. The van der Waals surface area contributed by atoms with E-state index in [9.17, 15) is 5.11 Å². The van der Waals surface area contributed by atoms with Crippen molar-refractivity contribution in [2.45, 2.75) is 13.3 Å². The first-order valence-electron chi connectivity index (χ1n) is 7.10. The second-order valence-corrected chi connectivity index (χ2v) is 5.17. The molecule has 3 nitrogen and oxygen atoms in total. The van der Waals surface area contributed by atoms with E-state index in [4.69, 9.17) is 0 Å². The van der Waals surface area contributed by atoms with Gasteiger partial charge >= 0.3 is 0 Å². The van der Waals surface area contributed by atoms with Crippen molar-refractivity contribution in [3.8, 4) is 5.75 Å². The van der Waals surface area contributed by atoms with Crippen molar-refractivity contribution in [3.63, 3.8) is 0 Å². The van der Waals surface area contributed by atoms with Gasteiger partial charge in [0.25, 0.3) is 0 Å². The molecule has 0 aliphatic rings. The fourth-order valence-electron chi connectivity index (χ4n) is 2.46. The minimum Gasteiger partial charge on any atom is -0.508 e. The minimum atomic E-state index is 0.308. The first kappa shape index (κ1) is 13.4. The molecular formula is C18H18N2O. The summed E-state index contributed by atoms with van der Waals surface area (Å²) in [7, 11) is 0. The van der Waals surface area contributed by atoms with Crippen LogP contribution in [0, 0.1) is 6.92 Å². The molecule has 0 unspecified atom stereocenters. The Kier molecular flexibility index (Phi) is 3.73. The van der Waals surface area contributed by atoms with Gasteiger partial charge in [-0.1, -0.05) is 30.3 Å². The number of aryl methyl sites for hydroxylation is 1. The summed E-state index contributed by atoms with van der Waals surface area (Å²) >= 11 is 0. The lowest BCUT2D eigenvalue weighted by atomic mass is 10.1. The molecule has 3 rings (SSSR count). The van der Waals surface area contributed by atoms with E-state index in [-0.39, 0.29) is 0 Å². The standard InChI is InChI=1S/C18H18N2O/c1-13-12-18(16-4-2-3-5-17(16)20-13)19-11-10-14-6-8-15(21)9-7-14/h2-9,12,21H,10-11H2,1H3,(H,19,20). The predicted octanol–water partition coefficient (Wildman–Crippen LogP) is 3.90. The predicted molar refractivity (Wildman–Crippen MR) is 86.8 cm³/mol. The van der Waals surface area contributed by atoms with Gasteiger partial charge in [0.05, 0.1) is 5.52 Å². The summed E-state index contributed by atoms with van der Waals surface area (Å²) in [5.41, 5.74) is 4.36. The summed E-state index contributed by atoms with van der Waals surface area (Å²) in [5.74, 6) is 0.308. The van der Waals surface area contributed by atoms with Crippen molar-refractivity contribution < 1.29 is 5.11 Å². The summed E-state index contributed by atoms with van der Waals surface area (Å²) in [6.45, 7) is 2.86. The number of rotatable bonds is 4. The monoisotopic (exact) mass is 278 g/mol. The van der Waals surface area contributed by atoms with Crippen LogP contribution in [-0.4, -0.2) is 16.6 Å². The van der Waals surface area contributed by atoms with Gasteiger partial charge in [0, 0.05) is 23.3 Å². The van der Waals surface area contributed by atoms with Crippen LogP contribution >= 0.6 is 0 Å². The van der Waals surface area contributed by atoms with Crippen LogP contribution in [0.25, 0.3) is 10.9 Å². The number of aromatic hydroxyl groups is 1. The lowest BCUT2D eigenvalue weighted by Crippen LogP contribution is -2.06. The van der Waals surface area contributed by atoms with Gasteiger partial charge in [-0.2, -0.15) is 0 Å². The molecule has 2 N–H and O–H groups in total. The molecule has 106 valence electrons. The molecule has 21 heavy (non-hydrogen) atoms. The van der Waals surface area contributed by atoms with Gasteiger partial charge in [0.15, 0.2) is 0 Å². The molecule has 0 fully saturated rings. The maximum Gasteiger partial charge on any atom is 0.115 e. The topological polar surface area (TPSA) is 45.1 Å². The molecule has 1 aromatic heterocycles. The van der Waals surface area contributed by atoms with Gasteiger partial charge in [0.2, 0.25) is 0 Å².